The van der Waals surface area contributed by atoms with Gasteiger partial charge >= 0.3 is 0 Å². The molecule has 8 heteroatoms. The number of carbonyl (C=O) groups excluding carboxylic acids is 1. The molecule has 0 fully saturated rings. The van der Waals surface area contributed by atoms with Crippen LogP contribution < -0.4 is 4.31 Å². The van der Waals surface area contributed by atoms with Crippen molar-refractivity contribution in [1.82, 2.24) is 4.90 Å². The summed E-state index contributed by atoms with van der Waals surface area (Å²) < 4.78 is 25.2. The van der Waals surface area contributed by atoms with Crippen molar-refractivity contribution in [3.05, 3.63) is 64.1 Å². The maximum Gasteiger partial charge on any atom is 0.243 e. The molecule has 2 rings (SSSR count). The molecule has 1 amide bonds. The van der Waals surface area contributed by atoms with Gasteiger partial charge in [-0.2, -0.15) is 0 Å². The minimum Gasteiger partial charge on any atom is -0.340 e. The molecule has 0 N–H and O–H groups in total. The maximum absolute atomic E-state index is 12.5. The Hall–Kier alpha value is -1.76. The van der Waals surface area contributed by atoms with Crippen LogP contribution in [-0.2, 0) is 21.4 Å². The lowest BCUT2D eigenvalue weighted by Crippen LogP contribution is -2.41. The van der Waals surface area contributed by atoms with Crippen molar-refractivity contribution in [3.8, 4) is 0 Å². The lowest BCUT2D eigenvalue weighted by atomic mass is 10.2. The van der Waals surface area contributed by atoms with Gasteiger partial charge in [-0.3, -0.25) is 9.10 Å². The van der Waals surface area contributed by atoms with E-state index in [0.717, 1.165) is 16.1 Å². The summed E-state index contributed by atoms with van der Waals surface area (Å²) >= 11 is 11.9. The van der Waals surface area contributed by atoms with Gasteiger partial charge in [0.15, 0.2) is 0 Å². The van der Waals surface area contributed by atoms with Crippen molar-refractivity contribution in [2.24, 2.45) is 0 Å². The zero-order chi connectivity index (χ0) is 18.6. The average molecular weight is 401 g/mol. The van der Waals surface area contributed by atoms with Crippen LogP contribution in [-0.4, -0.2) is 39.1 Å². The maximum atomic E-state index is 12.5. The fourth-order valence-electron chi connectivity index (χ4n) is 2.23. The summed E-state index contributed by atoms with van der Waals surface area (Å²) in [5.74, 6) is -0.347. The number of hydrogen-bond donors (Lipinski definition) is 0. The number of para-hydroxylation sites is 1. The fraction of sp³-hybridized carbons (Fsp3) is 0.235. The molecule has 0 aliphatic carbocycles. The van der Waals surface area contributed by atoms with Gasteiger partial charge in [-0.15, -0.1) is 0 Å². The Morgan fingerprint density at radius 3 is 2.20 bits per heavy atom. The van der Waals surface area contributed by atoms with E-state index in [1.807, 2.05) is 12.1 Å². The number of amides is 1. The van der Waals surface area contributed by atoms with Crippen LogP contribution >= 0.6 is 23.2 Å². The van der Waals surface area contributed by atoms with Crippen LogP contribution in [0.25, 0.3) is 0 Å². The van der Waals surface area contributed by atoms with Gasteiger partial charge in [0.2, 0.25) is 15.9 Å². The third kappa shape index (κ3) is 5.36. The van der Waals surface area contributed by atoms with Gasteiger partial charge in [-0.25, -0.2) is 8.42 Å². The summed E-state index contributed by atoms with van der Waals surface area (Å²) in [5.41, 5.74) is 1.17. The highest BCUT2D eigenvalue weighted by atomic mass is 35.5. The van der Waals surface area contributed by atoms with Crippen LogP contribution in [0.4, 0.5) is 5.69 Å². The molecule has 0 aromatic heterocycles. The number of carbonyl (C=O) groups is 1. The van der Waals surface area contributed by atoms with Crippen molar-refractivity contribution < 1.29 is 13.2 Å². The van der Waals surface area contributed by atoms with E-state index in [1.54, 1.807) is 43.4 Å². The van der Waals surface area contributed by atoms with Crippen molar-refractivity contribution in [3.63, 3.8) is 0 Å². The van der Waals surface area contributed by atoms with Crippen LogP contribution in [0.3, 0.4) is 0 Å². The van der Waals surface area contributed by atoms with Crippen LogP contribution in [0, 0.1) is 0 Å². The SMILES string of the molecule is CN(Cc1ccc(Cl)cc1)C(=O)CN(c1ccccc1Cl)S(C)(=O)=O. The van der Waals surface area contributed by atoms with E-state index in [0.29, 0.717) is 11.6 Å². The quantitative estimate of drug-likeness (QED) is 0.746. The van der Waals surface area contributed by atoms with Crippen LogP contribution in [0.1, 0.15) is 5.56 Å². The zero-order valence-electron chi connectivity index (χ0n) is 13.8. The van der Waals surface area contributed by atoms with Crippen molar-refractivity contribution in [1.29, 1.82) is 0 Å². The first kappa shape index (κ1) is 19.6. The number of benzene rings is 2. The normalized spacial score (nSPS) is 11.2. The highest BCUT2D eigenvalue weighted by Gasteiger charge is 2.24. The number of sulfonamides is 1. The Kier molecular flexibility index (Phi) is 6.32. The van der Waals surface area contributed by atoms with E-state index < -0.39 is 10.0 Å². The fourth-order valence-corrected chi connectivity index (χ4v) is 3.51. The van der Waals surface area contributed by atoms with Crippen molar-refractivity contribution in [2.45, 2.75) is 6.54 Å². The summed E-state index contributed by atoms with van der Waals surface area (Å²) in [5, 5.41) is 0.876. The Morgan fingerprint density at radius 2 is 1.64 bits per heavy atom. The van der Waals surface area contributed by atoms with E-state index >= 15 is 0 Å². The number of hydrogen-bond acceptors (Lipinski definition) is 3. The summed E-state index contributed by atoms with van der Waals surface area (Å²) in [6.45, 7) is 0.0166. The Morgan fingerprint density at radius 1 is 1.04 bits per heavy atom. The van der Waals surface area contributed by atoms with Crippen LogP contribution in [0.5, 0.6) is 0 Å². The number of nitrogens with zero attached hydrogens (tertiary/aromatic N) is 2. The second-order valence-electron chi connectivity index (χ2n) is 5.60. The molecule has 5 nitrogen and oxygen atoms in total. The van der Waals surface area contributed by atoms with E-state index in [-0.39, 0.29) is 23.2 Å². The van der Waals surface area contributed by atoms with Gasteiger partial charge in [0.25, 0.3) is 0 Å². The minimum absolute atomic E-state index is 0.265. The van der Waals surface area contributed by atoms with Gasteiger partial charge in [0.1, 0.15) is 6.54 Å². The molecule has 134 valence electrons. The third-order valence-electron chi connectivity index (χ3n) is 3.56. The van der Waals surface area contributed by atoms with Gasteiger partial charge in [-0.1, -0.05) is 47.5 Å². The first-order valence-corrected chi connectivity index (χ1v) is 9.99. The molecule has 2 aromatic rings. The van der Waals surface area contributed by atoms with Gasteiger partial charge in [0, 0.05) is 18.6 Å². The average Bonchev–Trinajstić information content (AvgIpc) is 2.54. The highest BCUT2D eigenvalue weighted by molar-refractivity contribution is 7.92. The zero-order valence-corrected chi connectivity index (χ0v) is 16.1. The molecule has 2 aromatic carbocycles. The van der Waals surface area contributed by atoms with E-state index in [1.165, 1.54) is 4.90 Å². The second kappa shape index (κ2) is 8.08. The molecule has 0 bridgehead atoms. The summed E-state index contributed by atoms with van der Waals surface area (Å²) in [6, 6.07) is 13.6. The number of likely N-dealkylation sites (N-methyl/N-ethyl adjacent to an activating group) is 1. The predicted molar refractivity (Wildman–Crippen MR) is 102 cm³/mol. The second-order valence-corrected chi connectivity index (χ2v) is 8.35. The molecule has 0 saturated heterocycles. The first-order valence-electron chi connectivity index (χ1n) is 7.39. The van der Waals surface area contributed by atoms with Gasteiger partial charge in [0.05, 0.1) is 17.0 Å². The molecule has 0 aliphatic rings. The molecule has 0 aliphatic heterocycles. The number of halogens is 2. The van der Waals surface area contributed by atoms with Crippen LogP contribution in [0.2, 0.25) is 10.0 Å². The molecule has 0 saturated carbocycles. The van der Waals surface area contributed by atoms with E-state index in [4.69, 9.17) is 23.2 Å². The summed E-state index contributed by atoms with van der Waals surface area (Å²) in [6.07, 6.45) is 1.04. The van der Waals surface area contributed by atoms with Crippen molar-refractivity contribution in [2.75, 3.05) is 24.2 Å². The number of rotatable bonds is 6. The Labute approximate surface area is 157 Å². The van der Waals surface area contributed by atoms with E-state index in [2.05, 4.69) is 0 Å². The lowest BCUT2D eigenvalue weighted by Gasteiger charge is -2.26. The molecule has 25 heavy (non-hydrogen) atoms. The van der Waals surface area contributed by atoms with Crippen molar-refractivity contribution >= 4 is 44.8 Å². The number of anilines is 1. The monoisotopic (exact) mass is 400 g/mol. The topological polar surface area (TPSA) is 57.7 Å². The minimum atomic E-state index is -3.66. The Balaban J connectivity index is 2.17. The third-order valence-corrected chi connectivity index (χ3v) is 5.26. The molecule has 0 radical (unpaired) electrons. The van der Waals surface area contributed by atoms with E-state index in [9.17, 15) is 13.2 Å². The van der Waals surface area contributed by atoms with Gasteiger partial charge < -0.3 is 4.90 Å². The lowest BCUT2D eigenvalue weighted by molar-refractivity contribution is -0.128. The molecular formula is C17H18Cl2N2O3S. The molecular weight excluding hydrogens is 383 g/mol. The molecule has 0 spiro atoms. The molecule has 0 atom stereocenters. The smallest absolute Gasteiger partial charge is 0.243 e. The molecule has 0 unspecified atom stereocenters. The molecule has 0 heterocycles. The van der Waals surface area contributed by atoms with Crippen LogP contribution in [0.15, 0.2) is 48.5 Å². The standard InChI is InChI=1S/C17H18Cl2N2O3S/c1-20(11-13-7-9-14(18)10-8-13)17(22)12-21(25(2,23)24)16-6-4-3-5-15(16)19/h3-10H,11-12H2,1-2H3. The summed E-state index contributed by atoms with van der Waals surface area (Å²) in [7, 11) is -2.05. The first-order chi connectivity index (χ1) is 11.7. The summed E-state index contributed by atoms with van der Waals surface area (Å²) in [4.78, 5) is 14.0. The highest BCUT2D eigenvalue weighted by Crippen LogP contribution is 2.27. The largest absolute Gasteiger partial charge is 0.340 e. The van der Waals surface area contributed by atoms with Gasteiger partial charge in [-0.05, 0) is 29.8 Å². The predicted octanol–water partition coefficient (Wildman–Crippen LogP) is 3.42. The Bertz CT molecular complexity index is 854.